The molecular formula is C21H25N3O6. The zero-order valence-electron chi connectivity index (χ0n) is 16.5. The fourth-order valence-corrected chi connectivity index (χ4v) is 3.44. The number of amides is 1. The number of nitrogens with zero attached hydrogens (tertiary/aromatic N) is 2. The summed E-state index contributed by atoms with van der Waals surface area (Å²) in [7, 11) is 0. The number of benzene rings is 1. The van der Waals surface area contributed by atoms with Crippen LogP contribution in [0.4, 0.5) is 4.79 Å². The van der Waals surface area contributed by atoms with Crippen LogP contribution in [0.2, 0.25) is 0 Å². The number of fused-ring (bicyclic) bond motifs is 1. The molecule has 0 aliphatic carbocycles. The number of aliphatic carboxylic acids is 1. The monoisotopic (exact) mass is 415 g/mol. The number of alkyl carbamates (subject to hydrolysis) is 1. The van der Waals surface area contributed by atoms with Gasteiger partial charge in [-0.25, -0.2) is 14.4 Å². The maximum absolute atomic E-state index is 11.9. The van der Waals surface area contributed by atoms with E-state index in [-0.39, 0.29) is 19.1 Å². The maximum atomic E-state index is 11.9. The molecule has 2 aromatic rings. The quantitative estimate of drug-likeness (QED) is 0.635. The third-order valence-electron chi connectivity index (χ3n) is 5.01. The van der Waals surface area contributed by atoms with E-state index in [0.29, 0.717) is 18.7 Å². The van der Waals surface area contributed by atoms with Crippen LogP contribution in [0.1, 0.15) is 49.5 Å². The Labute approximate surface area is 173 Å². The second kappa shape index (κ2) is 10.4. The lowest BCUT2D eigenvalue weighted by molar-refractivity contribution is -0.139. The van der Waals surface area contributed by atoms with Gasteiger partial charge in [0.25, 0.3) is 0 Å². The Hall–Kier alpha value is -3.36. The molecule has 2 heterocycles. The van der Waals surface area contributed by atoms with Crippen LogP contribution in [0.5, 0.6) is 0 Å². The SMILES string of the molecule is O=C(N[C@@H](C/C=C/CC1CCCCc2noc(=O)n21)C(=O)O)OCc1ccccc1. The van der Waals surface area contributed by atoms with E-state index in [1.165, 1.54) is 0 Å². The Balaban J connectivity index is 1.50. The summed E-state index contributed by atoms with van der Waals surface area (Å²) in [5.74, 6) is -0.956. The van der Waals surface area contributed by atoms with Gasteiger partial charge in [-0.15, -0.1) is 0 Å². The predicted octanol–water partition coefficient (Wildman–Crippen LogP) is 2.82. The number of hydrogen-bond acceptors (Lipinski definition) is 6. The molecule has 1 aromatic carbocycles. The lowest BCUT2D eigenvalue weighted by Crippen LogP contribution is -2.40. The van der Waals surface area contributed by atoms with E-state index in [1.54, 1.807) is 10.6 Å². The van der Waals surface area contributed by atoms with Crippen molar-refractivity contribution in [2.75, 3.05) is 0 Å². The average Bonchev–Trinajstić information content (AvgIpc) is 2.98. The van der Waals surface area contributed by atoms with Crippen LogP contribution in [-0.4, -0.2) is 32.9 Å². The van der Waals surface area contributed by atoms with E-state index in [2.05, 4.69) is 10.5 Å². The van der Waals surface area contributed by atoms with E-state index >= 15 is 0 Å². The molecule has 1 aliphatic rings. The molecule has 0 saturated carbocycles. The van der Waals surface area contributed by atoms with Crippen molar-refractivity contribution in [3.63, 3.8) is 0 Å². The number of carbonyl (C=O) groups excluding carboxylic acids is 1. The van der Waals surface area contributed by atoms with Crippen molar-refractivity contribution in [1.29, 1.82) is 0 Å². The molecule has 9 heteroatoms. The molecule has 0 saturated heterocycles. The summed E-state index contributed by atoms with van der Waals surface area (Å²) < 4.78 is 11.4. The van der Waals surface area contributed by atoms with Gasteiger partial charge in [-0.2, -0.15) is 0 Å². The van der Waals surface area contributed by atoms with Crippen molar-refractivity contribution in [3.8, 4) is 0 Å². The zero-order valence-corrected chi connectivity index (χ0v) is 16.5. The number of allylic oxidation sites excluding steroid dienone is 1. The molecule has 0 bridgehead atoms. The van der Waals surface area contributed by atoms with Crippen LogP contribution in [0.15, 0.2) is 51.8 Å². The summed E-state index contributed by atoms with van der Waals surface area (Å²) in [6.45, 7) is 0.0619. The number of ether oxygens (including phenoxy) is 1. The van der Waals surface area contributed by atoms with Gasteiger partial charge in [0.15, 0.2) is 5.82 Å². The Morgan fingerprint density at radius 2 is 2.10 bits per heavy atom. The molecule has 3 rings (SSSR count). The Bertz CT molecular complexity index is 934. The lowest BCUT2D eigenvalue weighted by atomic mass is 10.1. The molecule has 1 aliphatic heterocycles. The van der Waals surface area contributed by atoms with Gasteiger partial charge in [-0.05, 0) is 31.2 Å². The Kier molecular flexibility index (Phi) is 7.42. The largest absolute Gasteiger partial charge is 0.480 e. The molecule has 0 fully saturated rings. The Morgan fingerprint density at radius 3 is 2.87 bits per heavy atom. The minimum absolute atomic E-state index is 0.0619. The van der Waals surface area contributed by atoms with Crippen molar-refractivity contribution in [1.82, 2.24) is 15.0 Å². The minimum Gasteiger partial charge on any atom is -0.480 e. The van der Waals surface area contributed by atoms with Crippen LogP contribution < -0.4 is 11.1 Å². The number of aromatic nitrogens is 2. The van der Waals surface area contributed by atoms with E-state index in [4.69, 9.17) is 9.26 Å². The molecule has 2 atom stereocenters. The second-order valence-electron chi connectivity index (χ2n) is 7.17. The van der Waals surface area contributed by atoms with Crippen LogP contribution >= 0.6 is 0 Å². The average molecular weight is 415 g/mol. The number of aryl methyl sites for hydroxylation is 1. The maximum Gasteiger partial charge on any atom is 0.441 e. The molecule has 9 nitrogen and oxygen atoms in total. The number of carboxylic acids is 1. The smallest absolute Gasteiger partial charge is 0.441 e. The molecule has 1 aromatic heterocycles. The summed E-state index contributed by atoms with van der Waals surface area (Å²) in [6, 6.07) is 7.96. The number of carbonyl (C=O) groups is 2. The van der Waals surface area contributed by atoms with Gasteiger partial charge in [0.05, 0.1) is 0 Å². The van der Waals surface area contributed by atoms with Crippen molar-refractivity contribution in [2.24, 2.45) is 0 Å². The molecule has 1 unspecified atom stereocenters. The Morgan fingerprint density at radius 1 is 1.30 bits per heavy atom. The molecule has 160 valence electrons. The topological polar surface area (TPSA) is 124 Å². The standard InChI is InChI=1S/C21H25N3O6/c25-19(26)17(22-20(27)29-14-15-8-2-1-3-9-15)12-6-4-10-16-11-5-7-13-18-23-30-21(28)24(16)18/h1-4,6,8-9,16-17H,5,7,10-14H2,(H,22,27)(H,25,26)/b6-4+/t16?,17-/m0/s1. The van der Waals surface area contributed by atoms with Gasteiger partial charge < -0.3 is 15.2 Å². The fourth-order valence-electron chi connectivity index (χ4n) is 3.44. The zero-order chi connectivity index (χ0) is 21.3. The fraction of sp³-hybridized carbons (Fsp3) is 0.429. The van der Waals surface area contributed by atoms with Crippen molar-refractivity contribution >= 4 is 12.1 Å². The highest BCUT2D eigenvalue weighted by molar-refractivity contribution is 5.80. The first-order valence-corrected chi connectivity index (χ1v) is 9.96. The third-order valence-corrected chi connectivity index (χ3v) is 5.01. The van der Waals surface area contributed by atoms with Gasteiger partial charge in [-0.3, -0.25) is 9.09 Å². The number of carboxylic acid groups (broad SMARTS) is 1. The molecule has 0 radical (unpaired) electrons. The minimum atomic E-state index is -1.15. The van der Waals surface area contributed by atoms with E-state index in [1.807, 2.05) is 36.4 Å². The van der Waals surface area contributed by atoms with Crippen LogP contribution in [0, 0.1) is 0 Å². The first-order chi connectivity index (χ1) is 14.5. The van der Waals surface area contributed by atoms with Crippen molar-refractivity contribution < 1.29 is 24.0 Å². The van der Waals surface area contributed by atoms with E-state index < -0.39 is 23.9 Å². The van der Waals surface area contributed by atoms with Crippen molar-refractivity contribution in [2.45, 2.75) is 57.2 Å². The number of nitrogens with one attached hydrogen (secondary N) is 1. The molecular weight excluding hydrogens is 390 g/mol. The number of rotatable bonds is 8. The van der Waals surface area contributed by atoms with Gasteiger partial charge in [0.2, 0.25) is 0 Å². The van der Waals surface area contributed by atoms with Crippen LogP contribution in [0.3, 0.4) is 0 Å². The van der Waals surface area contributed by atoms with Crippen molar-refractivity contribution in [3.05, 3.63) is 64.4 Å². The van der Waals surface area contributed by atoms with Crippen LogP contribution in [-0.2, 0) is 22.6 Å². The summed E-state index contributed by atoms with van der Waals surface area (Å²) in [5, 5.41) is 15.6. The van der Waals surface area contributed by atoms with Gasteiger partial charge in [0.1, 0.15) is 12.6 Å². The molecule has 0 spiro atoms. The highest BCUT2D eigenvalue weighted by atomic mass is 16.5. The summed E-state index contributed by atoms with van der Waals surface area (Å²) in [5.41, 5.74) is 0.811. The summed E-state index contributed by atoms with van der Waals surface area (Å²) >= 11 is 0. The molecule has 30 heavy (non-hydrogen) atoms. The summed E-state index contributed by atoms with van der Waals surface area (Å²) in [6.07, 6.45) is 6.85. The van der Waals surface area contributed by atoms with E-state index in [0.717, 1.165) is 24.8 Å². The number of hydrogen-bond donors (Lipinski definition) is 2. The van der Waals surface area contributed by atoms with E-state index in [9.17, 15) is 19.5 Å². The highest BCUT2D eigenvalue weighted by Crippen LogP contribution is 2.24. The first-order valence-electron chi connectivity index (χ1n) is 9.96. The first kappa shape index (κ1) is 21.4. The molecule has 2 N–H and O–H groups in total. The normalized spacial score (nSPS) is 17.1. The predicted molar refractivity (Wildman–Crippen MR) is 107 cm³/mol. The summed E-state index contributed by atoms with van der Waals surface area (Å²) in [4.78, 5) is 35.3. The van der Waals surface area contributed by atoms with Gasteiger partial charge >= 0.3 is 17.8 Å². The van der Waals surface area contributed by atoms with Gasteiger partial charge in [0, 0.05) is 12.5 Å². The molecule has 1 amide bonds. The van der Waals surface area contributed by atoms with Crippen LogP contribution in [0.25, 0.3) is 0 Å². The van der Waals surface area contributed by atoms with Gasteiger partial charge in [-0.1, -0.05) is 54.1 Å². The second-order valence-corrected chi connectivity index (χ2v) is 7.17. The third kappa shape index (κ3) is 5.82. The lowest BCUT2D eigenvalue weighted by Gasteiger charge is -2.14. The highest BCUT2D eigenvalue weighted by Gasteiger charge is 2.22.